The van der Waals surface area contributed by atoms with Crippen molar-refractivity contribution in [2.45, 2.75) is 45.1 Å². The fourth-order valence-corrected chi connectivity index (χ4v) is 2.80. The molecule has 2 rings (SSSR count). The number of rotatable bonds is 4. The molecule has 0 atom stereocenters. The Balaban J connectivity index is 2.14. The van der Waals surface area contributed by atoms with Crippen molar-refractivity contribution >= 4 is 11.5 Å². The molecule has 1 aromatic rings. The summed E-state index contributed by atoms with van der Waals surface area (Å²) in [5, 5.41) is 11.6. The normalized spacial score (nSPS) is 17.4. The van der Waals surface area contributed by atoms with Crippen molar-refractivity contribution in [3.63, 3.8) is 0 Å². The Morgan fingerprint density at radius 3 is 2.68 bits per heavy atom. The lowest BCUT2D eigenvalue weighted by atomic mass is 9.94. The van der Waals surface area contributed by atoms with E-state index < -0.39 is 0 Å². The second-order valence-electron chi connectivity index (χ2n) is 4.96. The first-order valence-electron chi connectivity index (χ1n) is 6.97. The van der Waals surface area contributed by atoms with Crippen molar-refractivity contribution in [3.05, 3.63) is 24.0 Å². The molecule has 3 N–H and O–H groups in total. The van der Waals surface area contributed by atoms with Crippen LogP contribution in [0.5, 0.6) is 0 Å². The Bertz CT molecular complexity index is 424. The molecule has 1 saturated carbocycles. The molecule has 5 heteroatoms. The average Bonchev–Trinajstić information content (AvgIpc) is 2.49. The largest absolute Gasteiger partial charge is 0.409 e. The molecule has 19 heavy (non-hydrogen) atoms. The average molecular weight is 262 g/mol. The van der Waals surface area contributed by atoms with Crippen LogP contribution >= 0.6 is 0 Å². The summed E-state index contributed by atoms with van der Waals surface area (Å²) < 4.78 is 0. The molecule has 1 aliphatic rings. The smallest absolute Gasteiger partial charge is 0.188 e. The molecule has 1 fully saturated rings. The van der Waals surface area contributed by atoms with Gasteiger partial charge in [-0.3, -0.25) is 4.98 Å². The van der Waals surface area contributed by atoms with E-state index in [0.717, 1.165) is 12.2 Å². The molecule has 0 aromatic carbocycles. The third-order valence-corrected chi connectivity index (χ3v) is 3.81. The third-order valence-electron chi connectivity index (χ3n) is 3.81. The van der Waals surface area contributed by atoms with E-state index in [9.17, 15) is 0 Å². The first-order valence-corrected chi connectivity index (χ1v) is 6.97. The number of anilines is 1. The minimum Gasteiger partial charge on any atom is -0.409 e. The fourth-order valence-electron chi connectivity index (χ4n) is 2.80. The minimum absolute atomic E-state index is 0.0484. The summed E-state index contributed by atoms with van der Waals surface area (Å²) in [4.78, 5) is 6.66. The van der Waals surface area contributed by atoms with Gasteiger partial charge in [0.1, 0.15) is 5.69 Å². The lowest BCUT2D eigenvalue weighted by Gasteiger charge is -2.35. The van der Waals surface area contributed by atoms with E-state index in [1.54, 1.807) is 6.07 Å². The monoisotopic (exact) mass is 262 g/mol. The van der Waals surface area contributed by atoms with Gasteiger partial charge in [-0.25, -0.2) is 0 Å². The van der Waals surface area contributed by atoms with Crippen molar-refractivity contribution in [1.82, 2.24) is 4.98 Å². The molecule has 0 amide bonds. The van der Waals surface area contributed by atoms with E-state index in [4.69, 9.17) is 10.9 Å². The second-order valence-corrected chi connectivity index (χ2v) is 4.96. The van der Waals surface area contributed by atoms with Crippen LogP contribution < -0.4 is 10.6 Å². The van der Waals surface area contributed by atoms with E-state index in [1.165, 1.54) is 32.1 Å². The molecule has 1 heterocycles. The topological polar surface area (TPSA) is 74.7 Å². The van der Waals surface area contributed by atoms with Crippen molar-refractivity contribution in [2.24, 2.45) is 10.9 Å². The van der Waals surface area contributed by atoms with Crippen LogP contribution in [0.15, 0.2) is 23.5 Å². The summed E-state index contributed by atoms with van der Waals surface area (Å²) in [5.41, 5.74) is 7.14. The molecule has 1 aliphatic carbocycles. The molecule has 104 valence electrons. The standard InChI is InChI=1S/C14H22N4O/c1-2-18(11-6-4-3-5-7-11)12-8-9-13(16-10-12)14(15)17-19/h8-11,19H,2-7H2,1H3,(H2,15,17). The van der Waals surface area contributed by atoms with Gasteiger partial charge in [-0.1, -0.05) is 24.4 Å². The summed E-state index contributed by atoms with van der Waals surface area (Å²) in [6.45, 7) is 3.15. The zero-order chi connectivity index (χ0) is 13.7. The SMILES string of the molecule is CCN(c1ccc(/C(N)=N/O)nc1)C1CCCCC1. The van der Waals surface area contributed by atoms with Gasteiger partial charge >= 0.3 is 0 Å². The van der Waals surface area contributed by atoms with E-state index in [-0.39, 0.29) is 5.84 Å². The Morgan fingerprint density at radius 1 is 1.42 bits per heavy atom. The van der Waals surface area contributed by atoms with Gasteiger partial charge in [0.15, 0.2) is 5.84 Å². The van der Waals surface area contributed by atoms with Crippen molar-refractivity contribution in [2.75, 3.05) is 11.4 Å². The van der Waals surface area contributed by atoms with Crippen LogP contribution in [0.1, 0.15) is 44.7 Å². The van der Waals surface area contributed by atoms with E-state index >= 15 is 0 Å². The fraction of sp³-hybridized carbons (Fsp3) is 0.571. The van der Waals surface area contributed by atoms with Gasteiger partial charge in [0.05, 0.1) is 11.9 Å². The zero-order valence-corrected chi connectivity index (χ0v) is 11.4. The van der Waals surface area contributed by atoms with Crippen LogP contribution in [0, 0.1) is 0 Å². The van der Waals surface area contributed by atoms with E-state index in [1.807, 2.05) is 12.3 Å². The molecule has 0 unspecified atom stereocenters. The summed E-state index contributed by atoms with van der Waals surface area (Å²) in [6, 6.07) is 4.42. The maximum absolute atomic E-state index is 8.63. The highest BCUT2D eigenvalue weighted by atomic mass is 16.4. The number of nitrogens with two attached hydrogens (primary N) is 1. The molecular weight excluding hydrogens is 240 g/mol. The number of pyridine rings is 1. The minimum atomic E-state index is 0.0484. The quantitative estimate of drug-likeness (QED) is 0.378. The maximum atomic E-state index is 8.63. The summed E-state index contributed by atoms with van der Waals surface area (Å²) in [7, 11) is 0. The van der Waals surface area contributed by atoms with Gasteiger partial charge in [-0.2, -0.15) is 0 Å². The zero-order valence-electron chi connectivity index (χ0n) is 11.4. The van der Waals surface area contributed by atoms with Gasteiger partial charge in [0.2, 0.25) is 0 Å². The maximum Gasteiger partial charge on any atom is 0.188 e. The number of oxime groups is 1. The highest BCUT2D eigenvalue weighted by Crippen LogP contribution is 2.26. The number of nitrogens with zero attached hydrogens (tertiary/aromatic N) is 3. The Labute approximate surface area is 114 Å². The first kappa shape index (κ1) is 13.6. The predicted octanol–water partition coefficient (Wildman–Crippen LogP) is 2.34. The van der Waals surface area contributed by atoms with E-state index in [0.29, 0.717) is 11.7 Å². The molecule has 0 radical (unpaired) electrons. The number of amidine groups is 1. The van der Waals surface area contributed by atoms with Crippen molar-refractivity contribution in [1.29, 1.82) is 0 Å². The van der Waals surface area contributed by atoms with Crippen molar-refractivity contribution in [3.8, 4) is 0 Å². The van der Waals surface area contributed by atoms with Crippen molar-refractivity contribution < 1.29 is 5.21 Å². The number of hydrogen-bond donors (Lipinski definition) is 2. The lowest BCUT2D eigenvalue weighted by molar-refractivity contribution is 0.318. The Kier molecular flexibility index (Phi) is 4.60. The van der Waals surface area contributed by atoms with Crippen LogP contribution in [0.2, 0.25) is 0 Å². The molecule has 0 aliphatic heterocycles. The van der Waals surface area contributed by atoms with Gasteiger partial charge in [0.25, 0.3) is 0 Å². The van der Waals surface area contributed by atoms with Crippen LogP contribution in [0.4, 0.5) is 5.69 Å². The van der Waals surface area contributed by atoms with Crippen LogP contribution in [-0.2, 0) is 0 Å². The molecule has 1 aromatic heterocycles. The highest BCUT2D eigenvalue weighted by Gasteiger charge is 2.20. The van der Waals surface area contributed by atoms with Gasteiger partial charge in [-0.15, -0.1) is 0 Å². The Hall–Kier alpha value is -1.78. The van der Waals surface area contributed by atoms with Gasteiger partial charge in [-0.05, 0) is 31.9 Å². The van der Waals surface area contributed by atoms with Gasteiger partial charge in [0, 0.05) is 12.6 Å². The second kappa shape index (κ2) is 6.41. The molecule has 5 nitrogen and oxygen atoms in total. The van der Waals surface area contributed by atoms with Gasteiger partial charge < -0.3 is 15.8 Å². The first-order chi connectivity index (χ1) is 9.26. The molecule has 0 bridgehead atoms. The third kappa shape index (κ3) is 3.16. The molecule has 0 spiro atoms. The molecular formula is C14H22N4O. The number of aromatic nitrogens is 1. The van der Waals surface area contributed by atoms with Crippen LogP contribution in [0.3, 0.4) is 0 Å². The summed E-state index contributed by atoms with van der Waals surface area (Å²) in [6.07, 6.45) is 8.32. The van der Waals surface area contributed by atoms with Crippen LogP contribution in [0.25, 0.3) is 0 Å². The summed E-state index contributed by atoms with van der Waals surface area (Å²) in [5.74, 6) is 0.0484. The summed E-state index contributed by atoms with van der Waals surface area (Å²) >= 11 is 0. The molecule has 0 saturated heterocycles. The lowest BCUT2D eigenvalue weighted by Crippen LogP contribution is -2.36. The van der Waals surface area contributed by atoms with Crippen LogP contribution in [-0.4, -0.2) is 28.6 Å². The Morgan fingerprint density at radius 2 is 2.16 bits per heavy atom. The number of hydrogen-bond acceptors (Lipinski definition) is 4. The highest BCUT2D eigenvalue weighted by molar-refractivity contribution is 5.95. The predicted molar refractivity (Wildman–Crippen MR) is 76.6 cm³/mol. The van der Waals surface area contributed by atoms with E-state index in [2.05, 4.69) is 22.0 Å².